The van der Waals surface area contributed by atoms with Crippen LogP contribution in [0.1, 0.15) is 88.0 Å². The molecule has 1 aliphatic heterocycles. The van der Waals surface area contributed by atoms with Crippen molar-refractivity contribution in [2.24, 2.45) is 22.7 Å². The van der Waals surface area contributed by atoms with Crippen LogP contribution in [-0.4, -0.2) is 84.3 Å². The van der Waals surface area contributed by atoms with Crippen LogP contribution in [0.3, 0.4) is 0 Å². The second-order valence-corrected chi connectivity index (χ2v) is 14.0. The number of carbonyl (C=O) groups is 6. The smallest absolute Gasteiger partial charge is 0.407 e. The first-order valence-electron chi connectivity index (χ1n) is 14.9. The molecule has 0 unspecified atom stereocenters. The number of carbonyl (C=O) groups excluding carboxylic acids is 6. The zero-order valence-electron chi connectivity index (χ0n) is 26.9. The lowest BCUT2D eigenvalue weighted by atomic mass is 9.83. The average molecular weight is 594 g/mol. The minimum Gasteiger partial charge on any atom is -0.453 e. The van der Waals surface area contributed by atoms with Crippen molar-refractivity contribution in [1.29, 1.82) is 0 Å². The minimum atomic E-state index is -1.03. The molecule has 2 fully saturated rings. The van der Waals surface area contributed by atoms with Gasteiger partial charge in [-0.3, -0.25) is 24.0 Å². The molecule has 0 bridgehead atoms. The van der Waals surface area contributed by atoms with Gasteiger partial charge in [-0.05, 0) is 41.9 Å². The lowest BCUT2D eigenvalue weighted by Gasteiger charge is -2.38. The fourth-order valence-electron chi connectivity index (χ4n) is 5.14. The summed E-state index contributed by atoms with van der Waals surface area (Å²) in [4.78, 5) is 80.2. The SMILES string of the molecule is CCC[C@H](NC(=O)[C@@H]1[C@@H](C)[C@@H](C)CN1C(=O)[C@@H](NC(=O)[C@@H](NC(=O)OC)C(C)(C)C)C(C)(C)C)C(=O)C(=O)NC1CC1. The van der Waals surface area contributed by atoms with Crippen LogP contribution in [0, 0.1) is 22.7 Å². The van der Waals surface area contributed by atoms with Gasteiger partial charge in [-0.1, -0.05) is 68.7 Å². The van der Waals surface area contributed by atoms with E-state index in [1.165, 1.54) is 12.0 Å². The van der Waals surface area contributed by atoms with Crippen molar-refractivity contribution in [2.45, 2.75) is 118 Å². The van der Waals surface area contributed by atoms with Crippen molar-refractivity contribution in [1.82, 2.24) is 26.2 Å². The molecule has 12 heteroatoms. The standard InChI is InChI=1S/C30H51N5O7/c1-11-12-19(21(36)25(38)31-18-13-14-18)32-24(37)20-17(3)16(2)15-35(20)27(40)23(30(7,8)9)33-26(39)22(29(4,5)6)34-28(41)42-10/h16-20,22-23H,11-15H2,1-10H3,(H,31,38)(H,32,37)(H,33,39)(H,34,41)/t16-,17-,19-,20-,22+,23+/m0/s1. The summed E-state index contributed by atoms with van der Waals surface area (Å²) in [6.45, 7) is 16.7. The van der Waals surface area contributed by atoms with E-state index in [-0.39, 0.29) is 30.8 Å². The number of amides is 5. The molecule has 4 N–H and O–H groups in total. The van der Waals surface area contributed by atoms with Gasteiger partial charge in [-0.2, -0.15) is 0 Å². The quantitative estimate of drug-likeness (QED) is 0.266. The van der Waals surface area contributed by atoms with E-state index in [1.54, 1.807) is 20.8 Å². The predicted molar refractivity (Wildman–Crippen MR) is 157 cm³/mol. The number of Topliss-reactive ketones (excluding diaryl/α,β-unsaturated/α-hetero) is 1. The molecule has 1 saturated heterocycles. The van der Waals surface area contributed by atoms with E-state index in [4.69, 9.17) is 4.74 Å². The van der Waals surface area contributed by atoms with Crippen molar-refractivity contribution >= 4 is 35.5 Å². The summed E-state index contributed by atoms with van der Waals surface area (Å²) in [5.41, 5.74) is -1.45. The average Bonchev–Trinajstić information content (AvgIpc) is 3.65. The maximum Gasteiger partial charge on any atom is 0.407 e. The minimum absolute atomic E-state index is 0.00786. The van der Waals surface area contributed by atoms with E-state index in [2.05, 4.69) is 21.3 Å². The molecule has 0 aromatic heterocycles. The molecular weight excluding hydrogens is 542 g/mol. The van der Waals surface area contributed by atoms with Crippen molar-refractivity contribution in [2.75, 3.05) is 13.7 Å². The Balaban J connectivity index is 2.32. The Kier molecular flexibility index (Phi) is 11.6. The highest BCUT2D eigenvalue weighted by atomic mass is 16.5. The van der Waals surface area contributed by atoms with E-state index in [9.17, 15) is 28.8 Å². The monoisotopic (exact) mass is 593 g/mol. The Morgan fingerprint density at radius 3 is 1.93 bits per heavy atom. The lowest BCUT2D eigenvalue weighted by molar-refractivity contribution is -0.146. The number of ether oxygens (including phenoxy) is 1. The topological polar surface area (TPSA) is 163 Å². The first-order valence-corrected chi connectivity index (χ1v) is 14.9. The number of nitrogens with one attached hydrogen (secondary N) is 4. The maximum absolute atomic E-state index is 14.2. The van der Waals surface area contributed by atoms with Gasteiger partial charge in [0.1, 0.15) is 18.1 Å². The Labute approximate surface area is 249 Å². The number of nitrogens with zero attached hydrogens (tertiary/aromatic N) is 1. The van der Waals surface area contributed by atoms with Crippen LogP contribution in [0.4, 0.5) is 4.79 Å². The number of hydrogen-bond acceptors (Lipinski definition) is 7. The fraction of sp³-hybridized carbons (Fsp3) is 0.800. The van der Waals surface area contributed by atoms with Gasteiger partial charge in [0, 0.05) is 12.6 Å². The molecule has 0 aromatic carbocycles. The Morgan fingerprint density at radius 2 is 1.45 bits per heavy atom. The number of rotatable bonds is 11. The number of hydrogen-bond donors (Lipinski definition) is 4. The molecule has 2 rings (SSSR count). The van der Waals surface area contributed by atoms with Crippen molar-refractivity contribution < 1.29 is 33.5 Å². The molecule has 1 heterocycles. The first-order chi connectivity index (χ1) is 19.3. The third-order valence-electron chi connectivity index (χ3n) is 8.09. The molecule has 0 aromatic rings. The number of ketones is 1. The van der Waals surface area contributed by atoms with E-state index in [0.717, 1.165) is 12.8 Å². The maximum atomic E-state index is 14.2. The highest BCUT2D eigenvalue weighted by Gasteiger charge is 2.49. The van der Waals surface area contributed by atoms with Gasteiger partial charge in [0.15, 0.2) is 0 Å². The number of alkyl carbamates (subject to hydrolysis) is 1. The molecule has 6 atom stereocenters. The molecule has 1 saturated carbocycles. The van der Waals surface area contributed by atoms with Crippen molar-refractivity contribution in [3.8, 4) is 0 Å². The molecule has 0 radical (unpaired) electrons. The van der Waals surface area contributed by atoms with Gasteiger partial charge in [0.25, 0.3) is 5.91 Å². The van der Waals surface area contributed by atoms with E-state index in [1.807, 2.05) is 41.5 Å². The normalized spacial score (nSPS) is 22.8. The van der Waals surface area contributed by atoms with Gasteiger partial charge in [-0.15, -0.1) is 0 Å². The molecule has 42 heavy (non-hydrogen) atoms. The highest BCUT2D eigenvalue weighted by Crippen LogP contribution is 2.33. The Bertz CT molecular complexity index is 1040. The summed E-state index contributed by atoms with van der Waals surface area (Å²) in [5, 5.41) is 10.8. The van der Waals surface area contributed by atoms with Crippen LogP contribution >= 0.6 is 0 Å². The second kappa shape index (κ2) is 13.9. The third kappa shape index (κ3) is 8.91. The summed E-state index contributed by atoms with van der Waals surface area (Å²) in [6.07, 6.45) is 1.75. The Morgan fingerprint density at radius 1 is 0.881 bits per heavy atom. The Hall–Kier alpha value is -3.18. The molecule has 0 spiro atoms. The summed E-state index contributed by atoms with van der Waals surface area (Å²) >= 11 is 0. The van der Waals surface area contributed by atoms with E-state index < -0.39 is 70.5 Å². The van der Waals surface area contributed by atoms with Crippen LogP contribution < -0.4 is 21.3 Å². The van der Waals surface area contributed by atoms with Gasteiger partial charge >= 0.3 is 6.09 Å². The van der Waals surface area contributed by atoms with Crippen LogP contribution in [-0.2, 0) is 28.7 Å². The van der Waals surface area contributed by atoms with Crippen molar-refractivity contribution in [3.05, 3.63) is 0 Å². The zero-order chi connectivity index (χ0) is 32.2. The molecule has 1 aliphatic carbocycles. The number of methoxy groups -OCH3 is 1. The highest BCUT2D eigenvalue weighted by molar-refractivity contribution is 6.38. The zero-order valence-corrected chi connectivity index (χ0v) is 26.9. The molecule has 238 valence electrons. The van der Waals surface area contributed by atoms with E-state index in [0.29, 0.717) is 6.42 Å². The third-order valence-corrected chi connectivity index (χ3v) is 8.09. The predicted octanol–water partition coefficient (Wildman–Crippen LogP) is 1.90. The molecule has 12 nitrogen and oxygen atoms in total. The van der Waals surface area contributed by atoms with Gasteiger partial charge in [0.2, 0.25) is 23.5 Å². The van der Waals surface area contributed by atoms with Crippen LogP contribution in [0.25, 0.3) is 0 Å². The van der Waals surface area contributed by atoms with Gasteiger partial charge < -0.3 is 30.9 Å². The summed E-state index contributed by atoms with van der Waals surface area (Å²) in [6, 6.07) is -3.93. The van der Waals surface area contributed by atoms with Crippen LogP contribution in [0.2, 0.25) is 0 Å². The second-order valence-electron chi connectivity index (χ2n) is 14.0. The summed E-state index contributed by atoms with van der Waals surface area (Å²) in [7, 11) is 1.20. The molecule has 2 aliphatic rings. The van der Waals surface area contributed by atoms with Crippen LogP contribution in [0.5, 0.6) is 0 Å². The first kappa shape index (κ1) is 35.0. The molecular formula is C30H51N5O7. The van der Waals surface area contributed by atoms with Crippen molar-refractivity contribution in [3.63, 3.8) is 0 Å². The largest absolute Gasteiger partial charge is 0.453 e. The van der Waals surface area contributed by atoms with Gasteiger partial charge in [0.05, 0.1) is 13.2 Å². The lowest BCUT2D eigenvalue weighted by Crippen LogP contribution is -2.63. The number of likely N-dealkylation sites (tertiary alicyclic amines) is 1. The molecule has 5 amide bonds. The summed E-state index contributed by atoms with van der Waals surface area (Å²) < 4.78 is 4.69. The van der Waals surface area contributed by atoms with E-state index >= 15 is 0 Å². The fourth-order valence-corrected chi connectivity index (χ4v) is 5.14. The van der Waals surface area contributed by atoms with Crippen LogP contribution in [0.15, 0.2) is 0 Å². The summed E-state index contributed by atoms with van der Waals surface area (Å²) in [5.74, 6) is -3.19. The van der Waals surface area contributed by atoms with Gasteiger partial charge in [-0.25, -0.2) is 4.79 Å².